The molecular weight excluding hydrogens is 294 g/mol. The fourth-order valence-corrected chi connectivity index (χ4v) is 2.92. The van der Waals surface area contributed by atoms with Crippen LogP contribution >= 0.6 is 11.3 Å². The molecule has 0 saturated carbocycles. The van der Waals surface area contributed by atoms with Crippen LogP contribution in [-0.2, 0) is 9.53 Å². The first-order valence-electron chi connectivity index (χ1n) is 6.35. The van der Waals surface area contributed by atoms with E-state index in [4.69, 9.17) is 9.84 Å². The Morgan fingerprint density at radius 1 is 1.38 bits per heavy atom. The maximum Gasteiger partial charge on any atom is 0.319 e. The molecule has 7 nitrogen and oxygen atoms in total. The minimum atomic E-state index is -0.969. The Bertz CT molecular complexity index is 687. The summed E-state index contributed by atoms with van der Waals surface area (Å²) >= 11 is 1.49. The first kappa shape index (κ1) is 13.8. The second-order valence-corrected chi connectivity index (χ2v) is 5.61. The van der Waals surface area contributed by atoms with Crippen LogP contribution in [0.2, 0.25) is 0 Å². The van der Waals surface area contributed by atoms with Gasteiger partial charge in [0.2, 0.25) is 0 Å². The summed E-state index contributed by atoms with van der Waals surface area (Å²) in [5.74, 6) is -1.68. The number of rotatable bonds is 3. The second kappa shape index (κ2) is 5.66. The Labute approximate surface area is 123 Å². The van der Waals surface area contributed by atoms with Crippen molar-refractivity contribution in [2.24, 2.45) is 5.92 Å². The van der Waals surface area contributed by atoms with E-state index in [0.29, 0.717) is 5.69 Å². The maximum atomic E-state index is 11.9. The summed E-state index contributed by atoms with van der Waals surface area (Å²) in [6.45, 7) is 0.325. The molecule has 21 heavy (non-hydrogen) atoms. The van der Waals surface area contributed by atoms with E-state index in [1.165, 1.54) is 11.3 Å². The van der Waals surface area contributed by atoms with Crippen LogP contribution in [0.1, 0.15) is 0 Å². The fourth-order valence-electron chi connectivity index (χ4n) is 2.21. The molecule has 1 aromatic heterocycles. The van der Waals surface area contributed by atoms with Crippen molar-refractivity contribution in [3.63, 3.8) is 0 Å². The molecule has 110 valence electrons. The Morgan fingerprint density at radius 2 is 2.24 bits per heavy atom. The van der Waals surface area contributed by atoms with E-state index in [0.717, 1.165) is 10.2 Å². The Hall–Kier alpha value is -2.19. The number of hydrogen-bond donors (Lipinski definition) is 3. The van der Waals surface area contributed by atoms with Gasteiger partial charge < -0.3 is 20.5 Å². The van der Waals surface area contributed by atoms with E-state index in [1.54, 1.807) is 11.6 Å². The van der Waals surface area contributed by atoms with Crippen LogP contribution in [0.3, 0.4) is 0 Å². The lowest BCUT2D eigenvalue weighted by atomic mass is 10.0. The number of carbonyl (C=O) groups excluding carboxylic acids is 1. The van der Waals surface area contributed by atoms with Gasteiger partial charge in [0, 0.05) is 5.69 Å². The molecule has 2 amide bonds. The topological polar surface area (TPSA) is 101 Å². The molecule has 2 unspecified atom stereocenters. The van der Waals surface area contributed by atoms with Gasteiger partial charge in [-0.15, -0.1) is 11.3 Å². The van der Waals surface area contributed by atoms with E-state index >= 15 is 0 Å². The Kier molecular flexibility index (Phi) is 3.72. The molecule has 1 aromatic carbocycles. The van der Waals surface area contributed by atoms with Crippen molar-refractivity contribution in [2.75, 3.05) is 18.5 Å². The lowest BCUT2D eigenvalue weighted by Gasteiger charge is -2.16. The zero-order valence-electron chi connectivity index (χ0n) is 10.9. The van der Waals surface area contributed by atoms with Crippen molar-refractivity contribution >= 4 is 39.2 Å². The number of carboxylic acids is 1. The number of aromatic nitrogens is 1. The predicted molar refractivity (Wildman–Crippen MR) is 77.5 cm³/mol. The highest BCUT2D eigenvalue weighted by atomic mass is 32.1. The molecule has 8 heteroatoms. The summed E-state index contributed by atoms with van der Waals surface area (Å²) in [6.07, 6.45) is 0. The molecule has 0 aliphatic carbocycles. The largest absolute Gasteiger partial charge is 0.481 e. The third kappa shape index (κ3) is 2.96. The predicted octanol–water partition coefficient (Wildman–Crippen LogP) is 1.52. The molecule has 3 rings (SSSR count). The number of carboxylic acid groups (broad SMARTS) is 1. The molecular formula is C13H13N3O4S. The molecule has 0 spiro atoms. The van der Waals surface area contributed by atoms with Crippen LogP contribution in [0.4, 0.5) is 10.5 Å². The van der Waals surface area contributed by atoms with Gasteiger partial charge in [0.25, 0.3) is 0 Å². The number of urea groups is 1. The maximum absolute atomic E-state index is 11.9. The van der Waals surface area contributed by atoms with Crippen molar-refractivity contribution in [1.82, 2.24) is 10.3 Å². The number of aliphatic carboxylic acids is 1. The number of ether oxygens (including phenoxy) is 1. The van der Waals surface area contributed by atoms with Crippen LogP contribution in [0.15, 0.2) is 23.7 Å². The molecule has 1 aliphatic rings. The monoisotopic (exact) mass is 307 g/mol. The summed E-state index contributed by atoms with van der Waals surface area (Å²) in [4.78, 5) is 27.1. The summed E-state index contributed by atoms with van der Waals surface area (Å²) < 4.78 is 6.07. The zero-order valence-corrected chi connectivity index (χ0v) is 11.7. The van der Waals surface area contributed by atoms with E-state index < -0.39 is 24.0 Å². The minimum Gasteiger partial charge on any atom is -0.481 e. The van der Waals surface area contributed by atoms with Gasteiger partial charge in [0.05, 0.1) is 35.0 Å². The van der Waals surface area contributed by atoms with Gasteiger partial charge in [0.1, 0.15) is 5.92 Å². The van der Waals surface area contributed by atoms with E-state index in [1.807, 2.05) is 12.1 Å². The number of amides is 2. The summed E-state index contributed by atoms with van der Waals surface area (Å²) in [5, 5.41) is 14.3. The average molecular weight is 307 g/mol. The van der Waals surface area contributed by atoms with Gasteiger partial charge in [0.15, 0.2) is 0 Å². The van der Waals surface area contributed by atoms with Crippen molar-refractivity contribution in [1.29, 1.82) is 0 Å². The molecule has 2 aromatic rings. The normalized spacial score (nSPS) is 21.3. The molecule has 3 N–H and O–H groups in total. The number of fused-ring (bicyclic) bond motifs is 1. The third-order valence-electron chi connectivity index (χ3n) is 3.30. The van der Waals surface area contributed by atoms with Gasteiger partial charge in [-0.05, 0) is 18.2 Å². The summed E-state index contributed by atoms with van der Waals surface area (Å²) in [7, 11) is 0. The highest BCUT2D eigenvalue weighted by molar-refractivity contribution is 7.16. The fraction of sp³-hybridized carbons (Fsp3) is 0.308. The lowest BCUT2D eigenvalue weighted by Crippen LogP contribution is -2.44. The smallest absolute Gasteiger partial charge is 0.319 e. The number of carbonyl (C=O) groups is 2. The van der Waals surface area contributed by atoms with Gasteiger partial charge in [-0.2, -0.15) is 0 Å². The number of nitrogens with zero attached hydrogens (tertiary/aromatic N) is 1. The molecule has 0 radical (unpaired) electrons. The van der Waals surface area contributed by atoms with E-state index in [9.17, 15) is 9.59 Å². The first-order valence-corrected chi connectivity index (χ1v) is 7.23. The lowest BCUT2D eigenvalue weighted by molar-refractivity contribution is -0.142. The van der Waals surface area contributed by atoms with Gasteiger partial charge in [-0.25, -0.2) is 9.78 Å². The molecule has 2 heterocycles. The van der Waals surface area contributed by atoms with E-state index in [2.05, 4.69) is 15.6 Å². The van der Waals surface area contributed by atoms with Crippen molar-refractivity contribution in [3.05, 3.63) is 23.7 Å². The van der Waals surface area contributed by atoms with Crippen LogP contribution in [0.25, 0.3) is 10.2 Å². The van der Waals surface area contributed by atoms with Crippen LogP contribution in [0, 0.1) is 5.92 Å². The SMILES string of the molecule is O=C(Nc1ccc2ncsc2c1)NC1COCC1C(=O)O. The standard InChI is InChI=1S/C13H13N3O4S/c17-12(18)8-4-20-5-10(8)16-13(19)15-7-1-2-9-11(3-7)21-6-14-9/h1-3,6,8,10H,4-5H2,(H,17,18)(H2,15,16,19). The minimum absolute atomic E-state index is 0.118. The quantitative estimate of drug-likeness (QED) is 0.798. The average Bonchev–Trinajstić information content (AvgIpc) is 3.06. The highest BCUT2D eigenvalue weighted by Crippen LogP contribution is 2.22. The van der Waals surface area contributed by atoms with Gasteiger partial charge >= 0.3 is 12.0 Å². The first-order chi connectivity index (χ1) is 10.1. The molecule has 1 saturated heterocycles. The molecule has 1 aliphatic heterocycles. The summed E-state index contributed by atoms with van der Waals surface area (Å²) in [6, 6.07) is 4.43. The second-order valence-electron chi connectivity index (χ2n) is 4.72. The van der Waals surface area contributed by atoms with Crippen molar-refractivity contribution < 1.29 is 19.4 Å². The van der Waals surface area contributed by atoms with Crippen LogP contribution < -0.4 is 10.6 Å². The zero-order chi connectivity index (χ0) is 14.8. The number of thiazole rings is 1. The number of benzene rings is 1. The Morgan fingerprint density at radius 3 is 3.05 bits per heavy atom. The van der Waals surface area contributed by atoms with E-state index in [-0.39, 0.29) is 13.2 Å². The van der Waals surface area contributed by atoms with Crippen LogP contribution in [-0.4, -0.2) is 41.3 Å². The van der Waals surface area contributed by atoms with Crippen molar-refractivity contribution in [3.8, 4) is 0 Å². The Balaban J connectivity index is 1.64. The number of hydrogen-bond acceptors (Lipinski definition) is 5. The van der Waals surface area contributed by atoms with Gasteiger partial charge in [-0.1, -0.05) is 0 Å². The molecule has 0 bridgehead atoms. The third-order valence-corrected chi connectivity index (χ3v) is 4.10. The highest BCUT2D eigenvalue weighted by Gasteiger charge is 2.35. The summed E-state index contributed by atoms with van der Waals surface area (Å²) in [5.41, 5.74) is 3.25. The van der Waals surface area contributed by atoms with Gasteiger partial charge in [-0.3, -0.25) is 4.79 Å². The molecule has 1 fully saturated rings. The van der Waals surface area contributed by atoms with Crippen LogP contribution in [0.5, 0.6) is 0 Å². The molecule has 2 atom stereocenters. The van der Waals surface area contributed by atoms with Crippen molar-refractivity contribution in [2.45, 2.75) is 6.04 Å². The number of nitrogens with one attached hydrogen (secondary N) is 2. The number of anilines is 1.